The summed E-state index contributed by atoms with van der Waals surface area (Å²) in [4.78, 5) is 12.4. The number of rotatable bonds is 9. The minimum Gasteiger partial charge on any atom is -0.326 e. The van der Waals surface area contributed by atoms with Gasteiger partial charge in [-0.25, -0.2) is 8.42 Å². The molecule has 2 aromatic rings. The third-order valence-corrected chi connectivity index (χ3v) is 5.90. The molecule has 0 radical (unpaired) electrons. The average Bonchev–Trinajstić information content (AvgIpc) is 2.64. The van der Waals surface area contributed by atoms with Crippen LogP contribution in [0, 0.1) is 6.92 Å². The third kappa shape index (κ3) is 5.39. The molecule has 142 valence electrons. The van der Waals surface area contributed by atoms with Gasteiger partial charge in [-0.15, -0.1) is 13.2 Å². The number of benzene rings is 2. The lowest BCUT2D eigenvalue weighted by atomic mass is 10.1. The van der Waals surface area contributed by atoms with Gasteiger partial charge in [-0.1, -0.05) is 36.4 Å². The van der Waals surface area contributed by atoms with Crippen LogP contribution in [0.4, 0.5) is 5.69 Å². The quantitative estimate of drug-likeness (QED) is 0.673. The minimum absolute atomic E-state index is 0.153. The molecule has 5 nitrogen and oxygen atoms in total. The second-order valence-corrected chi connectivity index (χ2v) is 8.01. The highest BCUT2D eigenvalue weighted by atomic mass is 32.2. The fourth-order valence-electron chi connectivity index (χ4n) is 2.60. The molecule has 6 heteroatoms. The van der Waals surface area contributed by atoms with Crippen LogP contribution in [0.1, 0.15) is 11.1 Å². The summed E-state index contributed by atoms with van der Waals surface area (Å²) in [5.41, 5.74) is 2.56. The van der Waals surface area contributed by atoms with E-state index in [2.05, 4.69) is 18.5 Å². The molecule has 0 saturated heterocycles. The largest absolute Gasteiger partial charge is 0.326 e. The van der Waals surface area contributed by atoms with Gasteiger partial charge in [-0.2, -0.15) is 4.31 Å². The zero-order valence-electron chi connectivity index (χ0n) is 15.4. The molecule has 0 bridgehead atoms. The number of sulfonamides is 1. The van der Waals surface area contributed by atoms with E-state index in [0.29, 0.717) is 5.69 Å². The molecule has 0 aliphatic rings. The molecule has 0 saturated carbocycles. The topological polar surface area (TPSA) is 66.5 Å². The summed E-state index contributed by atoms with van der Waals surface area (Å²) in [7, 11) is -3.65. The van der Waals surface area contributed by atoms with Crippen molar-refractivity contribution in [3.63, 3.8) is 0 Å². The molecule has 0 spiro atoms. The Kier molecular flexibility index (Phi) is 7.10. The molecule has 0 unspecified atom stereocenters. The second-order valence-electron chi connectivity index (χ2n) is 6.08. The van der Waals surface area contributed by atoms with Gasteiger partial charge in [-0.3, -0.25) is 4.79 Å². The number of carbonyl (C=O) groups is 1. The van der Waals surface area contributed by atoms with Crippen LogP contribution in [0.3, 0.4) is 0 Å². The van der Waals surface area contributed by atoms with Gasteiger partial charge in [0, 0.05) is 18.8 Å². The molecule has 0 aromatic heterocycles. The summed E-state index contributed by atoms with van der Waals surface area (Å²) >= 11 is 0. The summed E-state index contributed by atoms with van der Waals surface area (Å²) < 4.78 is 26.6. The van der Waals surface area contributed by atoms with Crippen LogP contribution in [0.15, 0.2) is 78.7 Å². The maximum absolute atomic E-state index is 12.7. The summed E-state index contributed by atoms with van der Waals surface area (Å²) in [5.74, 6) is -0.153. The van der Waals surface area contributed by atoms with E-state index in [9.17, 15) is 13.2 Å². The molecule has 0 aliphatic carbocycles. The number of aryl methyl sites for hydroxylation is 1. The van der Waals surface area contributed by atoms with E-state index >= 15 is 0 Å². The lowest BCUT2D eigenvalue weighted by Crippen LogP contribution is -2.31. The van der Waals surface area contributed by atoms with Crippen LogP contribution in [0.2, 0.25) is 0 Å². The Bertz CT molecular complexity index is 909. The van der Waals surface area contributed by atoms with Crippen molar-refractivity contribution in [2.24, 2.45) is 0 Å². The second kappa shape index (κ2) is 9.30. The van der Waals surface area contributed by atoms with Crippen LogP contribution in [-0.4, -0.2) is 31.7 Å². The van der Waals surface area contributed by atoms with Crippen molar-refractivity contribution in [1.82, 2.24) is 4.31 Å². The highest BCUT2D eigenvalue weighted by molar-refractivity contribution is 7.89. The van der Waals surface area contributed by atoms with E-state index in [1.807, 2.05) is 31.2 Å². The first-order chi connectivity index (χ1) is 12.9. The SMILES string of the molecule is C=CCN(CC=C)S(=O)(=O)c1ccc(NC(=O)Cc2ccccc2C)cc1. The predicted molar refractivity (Wildman–Crippen MR) is 109 cm³/mol. The average molecular weight is 385 g/mol. The van der Waals surface area contributed by atoms with E-state index in [1.165, 1.54) is 28.6 Å². The summed E-state index contributed by atoms with van der Waals surface area (Å²) in [6.45, 7) is 9.53. The van der Waals surface area contributed by atoms with Crippen molar-refractivity contribution < 1.29 is 13.2 Å². The summed E-state index contributed by atoms with van der Waals surface area (Å²) in [6.07, 6.45) is 3.32. The molecule has 0 heterocycles. The molecule has 0 atom stereocenters. The van der Waals surface area contributed by atoms with Gasteiger partial charge >= 0.3 is 0 Å². The number of anilines is 1. The van der Waals surface area contributed by atoms with Crippen molar-refractivity contribution in [2.75, 3.05) is 18.4 Å². The molecule has 0 aliphatic heterocycles. The Hall–Kier alpha value is -2.70. The molecule has 0 fully saturated rings. The van der Waals surface area contributed by atoms with Gasteiger partial charge in [0.05, 0.1) is 11.3 Å². The standard InChI is InChI=1S/C21H24N2O3S/c1-4-14-23(15-5-2)27(25,26)20-12-10-19(11-13-20)22-21(24)16-18-9-7-6-8-17(18)3/h4-13H,1-2,14-16H2,3H3,(H,22,24). The fourth-order valence-corrected chi connectivity index (χ4v) is 3.99. The minimum atomic E-state index is -3.65. The zero-order chi connectivity index (χ0) is 19.9. The molecular formula is C21H24N2O3S. The molecule has 1 N–H and O–H groups in total. The van der Waals surface area contributed by atoms with E-state index in [0.717, 1.165) is 11.1 Å². The molecule has 2 aromatic carbocycles. The first-order valence-electron chi connectivity index (χ1n) is 8.55. The van der Waals surface area contributed by atoms with Gasteiger partial charge < -0.3 is 5.32 Å². The van der Waals surface area contributed by atoms with E-state index in [-0.39, 0.29) is 30.3 Å². The Morgan fingerprint density at radius 2 is 1.63 bits per heavy atom. The van der Waals surface area contributed by atoms with Crippen LogP contribution in [0.5, 0.6) is 0 Å². The molecular weight excluding hydrogens is 360 g/mol. The third-order valence-electron chi connectivity index (χ3n) is 4.05. The summed E-state index contributed by atoms with van der Waals surface area (Å²) in [5, 5.41) is 2.80. The molecule has 1 amide bonds. The number of hydrogen-bond acceptors (Lipinski definition) is 3. The maximum Gasteiger partial charge on any atom is 0.243 e. The first-order valence-corrected chi connectivity index (χ1v) is 9.99. The van der Waals surface area contributed by atoms with E-state index < -0.39 is 10.0 Å². The smallest absolute Gasteiger partial charge is 0.243 e. The summed E-state index contributed by atoms with van der Waals surface area (Å²) in [6, 6.07) is 13.8. The lowest BCUT2D eigenvalue weighted by molar-refractivity contribution is -0.115. The van der Waals surface area contributed by atoms with Crippen LogP contribution >= 0.6 is 0 Å². The maximum atomic E-state index is 12.7. The van der Waals surface area contributed by atoms with Crippen molar-refractivity contribution in [2.45, 2.75) is 18.2 Å². The Labute approximate surface area is 161 Å². The van der Waals surface area contributed by atoms with Gasteiger partial charge in [0.25, 0.3) is 0 Å². The Morgan fingerprint density at radius 3 is 2.19 bits per heavy atom. The highest BCUT2D eigenvalue weighted by Crippen LogP contribution is 2.19. The van der Waals surface area contributed by atoms with Crippen molar-refractivity contribution in [1.29, 1.82) is 0 Å². The van der Waals surface area contributed by atoms with Gasteiger partial charge in [0.1, 0.15) is 0 Å². The van der Waals surface area contributed by atoms with Gasteiger partial charge in [-0.05, 0) is 42.3 Å². The number of carbonyl (C=O) groups excluding carboxylic acids is 1. The first kappa shape index (κ1) is 20.6. The normalized spacial score (nSPS) is 11.2. The predicted octanol–water partition coefficient (Wildman–Crippen LogP) is 3.54. The van der Waals surface area contributed by atoms with Crippen LogP contribution in [0.25, 0.3) is 0 Å². The number of hydrogen-bond donors (Lipinski definition) is 1. The Balaban J connectivity index is 2.10. The Morgan fingerprint density at radius 1 is 1.04 bits per heavy atom. The van der Waals surface area contributed by atoms with Crippen LogP contribution in [-0.2, 0) is 21.2 Å². The van der Waals surface area contributed by atoms with Crippen LogP contribution < -0.4 is 5.32 Å². The van der Waals surface area contributed by atoms with Crippen molar-refractivity contribution in [3.05, 3.63) is 85.0 Å². The van der Waals surface area contributed by atoms with E-state index in [4.69, 9.17) is 0 Å². The lowest BCUT2D eigenvalue weighted by Gasteiger charge is -2.19. The number of amides is 1. The number of nitrogens with one attached hydrogen (secondary N) is 1. The monoisotopic (exact) mass is 384 g/mol. The van der Waals surface area contributed by atoms with Crippen molar-refractivity contribution in [3.8, 4) is 0 Å². The van der Waals surface area contributed by atoms with Gasteiger partial charge in [0.2, 0.25) is 15.9 Å². The molecule has 2 rings (SSSR count). The fraction of sp³-hybridized carbons (Fsp3) is 0.190. The highest BCUT2D eigenvalue weighted by Gasteiger charge is 2.22. The number of nitrogens with zero attached hydrogens (tertiary/aromatic N) is 1. The zero-order valence-corrected chi connectivity index (χ0v) is 16.2. The van der Waals surface area contributed by atoms with E-state index in [1.54, 1.807) is 12.1 Å². The van der Waals surface area contributed by atoms with Crippen molar-refractivity contribution >= 4 is 21.6 Å². The molecule has 27 heavy (non-hydrogen) atoms. The van der Waals surface area contributed by atoms with Gasteiger partial charge in [0.15, 0.2) is 0 Å².